The summed E-state index contributed by atoms with van der Waals surface area (Å²) in [5.74, 6) is 0.761. The topological polar surface area (TPSA) is 35.2 Å². The summed E-state index contributed by atoms with van der Waals surface area (Å²) >= 11 is 6.16. The molecule has 1 aromatic carbocycles. The molecule has 18 heavy (non-hydrogen) atoms. The van der Waals surface area contributed by atoms with Crippen LogP contribution in [0.2, 0.25) is 5.02 Å². The van der Waals surface area contributed by atoms with Gasteiger partial charge in [0.15, 0.2) is 0 Å². The van der Waals surface area contributed by atoms with Gasteiger partial charge < -0.3 is 10.5 Å². The van der Waals surface area contributed by atoms with Crippen LogP contribution in [0.4, 0.5) is 0 Å². The van der Waals surface area contributed by atoms with Gasteiger partial charge >= 0.3 is 0 Å². The summed E-state index contributed by atoms with van der Waals surface area (Å²) in [5.41, 5.74) is 6.84. The van der Waals surface area contributed by atoms with Gasteiger partial charge in [0.25, 0.3) is 0 Å². The fourth-order valence-corrected chi connectivity index (χ4v) is 2.05. The van der Waals surface area contributed by atoms with Gasteiger partial charge in [-0.1, -0.05) is 50.3 Å². The van der Waals surface area contributed by atoms with Gasteiger partial charge in [-0.3, -0.25) is 0 Å². The van der Waals surface area contributed by atoms with Gasteiger partial charge in [0, 0.05) is 6.04 Å². The van der Waals surface area contributed by atoms with E-state index in [1.54, 1.807) is 0 Å². The molecule has 3 heteroatoms. The Balaban J connectivity index is 2.34. The minimum absolute atomic E-state index is 0.00518. The van der Waals surface area contributed by atoms with Crippen LogP contribution in [0.15, 0.2) is 18.2 Å². The fourth-order valence-electron chi connectivity index (χ4n) is 1.81. The van der Waals surface area contributed by atoms with Crippen molar-refractivity contribution in [2.24, 2.45) is 5.73 Å². The molecule has 0 aliphatic rings. The second-order valence-electron chi connectivity index (χ2n) is 4.74. The lowest BCUT2D eigenvalue weighted by molar-refractivity contribution is 0.304. The van der Waals surface area contributed by atoms with Crippen LogP contribution in [0.5, 0.6) is 5.75 Å². The molecule has 0 spiro atoms. The number of benzene rings is 1. The van der Waals surface area contributed by atoms with Crippen LogP contribution in [0.1, 0.15) is 57.6 Å². The van der Waals surface area contributed by atoms with E-state index < -0.39 is 0 Å². The van der Waals surface area contributed by atoms with E-state index in [9.17, 15) is 0 Å². The molecule has 0 amide bonds. The number of halogens is 1. The van der Waals surface area contributed by atoms with Crippen molar-refractivity contribution < 1.29 is 4.74 Å². The molecule has 2 N–H and O–H groups in total. The second kappa shape index (κ2) is 8.39. The summed E-state index contributed by atoms with van der Waals surface area (Å²) in [6.07, 6.45) is 6.18. The van der Waals surface area contributed by atoms with Gasteiger partial charge in [0.05, 0.1) is 11.6 Å². The molecule has 1 atom stereocenters. The van der Waals surface area contributed by atoms with E-state index >= 15 is 0 Å². The first-order chi connectivity index (χ1) is 8.65. The van der Waals surface area contributed by atoms with E-state index in [0.717, 1.165) is 24.3 Å². The minimum atomic E-state index is 0.00518. The van der Waals surface area contributed by atoms with Gasteiger partial charge in [-0.15, -0.1) is 0 Å². The molecule has 102 valence electrons. The van der Waals surface area contributed by atoms with Crippen LogP contribution in [0.25, 0.3) is 0 Å². The maximum Gasteiger partial charge on any atom is 0.137 e. The first kappa shape index (κ1) is 15.3. The highest BCUT2D eigenvalue weighted by molar-refractivity contribution is 6.32. The van der Waals surface area contributed by atoms with Crippen molar-refractivity contribution in [1.29, 1.82) is 0 Å². The smallest absolute Gasteiger partial charge is 0.137 e. The molecule has 1 unspecified atom stereocenters. The number of ether oxygens (including phenoxy) is 1. The third-order valence-electron chi connectivity index (χ3n) is 2.99. The summed E-state index contributed by atoms with van der Waals surface area (Å²) in [5, 5.41) is 0.651. The Labute approximate surface area is 115 Å². The fraction of sp³-hybridized carbons (Fsp3) is 0.600. The summed E-state index contributed by atoms with van der Waals surface area (Å²) in [4.78, 5) is 0. The SMILES string of the molecule is CCCCCCCOc1ccc(C(C)N)cc1Cl. The van der Waals surface area contributed by atoms with E-state index in [1.165, 1.54) is 25.7 Å². The first-order valence-electron chi connectivity index (χ1n) is 6.83. The second-order valence-corrected chi connectivity index (χ2v) is 5.15. The maximum atomic E-state index is 6.16. The largest absolute Gasteiger partial charge is 0.492 e. The van der Waals surface area contributed by atoms with Crippen molar-refractivity contribution in [3.8, 4) is 5.75 Å². The third kappa shape index (κ3) is 5.28. The summed E-state index contributed by atoms with van der Waals surface area (Å²) in [6, 6.07) is 5.78. The van der Waals surface area contributed by atoms with E-state index in [0.29, 0.717) is 5.02 Å². The van der Waals surface area contributed by atoms with Crippen molar-refractivity contribution >= 4 is 11.6 Å². The van der Waals surface area contributed by atoms with Crippen LogP contribution < -0.4 is 10.5 Å². The van der Waals surface area contributed by atoms with Crippen molar-refractivity contribution in [1.82, 2.24) is 0 Å². The van der Waals surface area contributed by atoms with Crippen molar-refractivity contribution in [3.05, 3.63) is 28.8 Å². The summed E-state index contributed by atoms with van der Waals surface area (Å²) in [6.45, 7) is 4.90. The maximum absolute atomic E-state index is 6.16. The molecule has 0 aliphatic carbocycles. The zero-order valence-electron chi connectivity index (χ0n) is 11.4. The van der Waals surface area contributed by atoms with Gasteiger partial charge in [-0.05, 0) is 31.0 Å². The van der Waals surface area contributed by atoms with Gasteiger partial charge in [0.1, 0.15) is 5.75 Å². The Morgan fingerprint density at radius 3 is 2.56 bits per heavy atom. The zero-order chi connectivity index (χ0) is 13.4. The van der Waals surface area contributed by atoms with Crippen LogP contribution in [0, 0.1) is 0 Å². The normalized spacial score (nSPS) is 12.4. The standard InChI is InChI=1S/C15H24ClNO/c1-3-4-5-6-7-10-18-15-9-8-13(12(2)17)11-14(15)16/h8-9,11-12H,3-7,10,17H2,1-2H3. The Bertz CT molecular complexity index is 352. The molecule has 1 aromatic rings. The van der Waals surface area contributed by atoms with Gasteiger partial charge in [-0.25, -0.2) is 0 Å². The Kier molecular flexibility index (Phi) is 7.14. The predicted octanol–water partition coefficient (Wildman–Crippen LogP) is 4.71. The van der Waals surface area contributed by atoms with E-state index in [4.69, 9.17) is 22.1 Å². The van der Waals surface area contributed by atoms with Crippen LogP contribution in [-0.2, 0) is 0 Å². The molecule has 0 saturated heterocycles. The Morgan fingerprint density at radius 2 is 1.94 bits per heavy atom. The highest BCUT2D eigenvalue weighted by Crippen LogP contribution is 2.27. The summed E-state index contributed by atoms with van der Waals surface area (Å²) in [7, 11) is 0. The third-order valence-corrected chi connectivity index (χ3v) is 3.28. The molecule has 1 rings (SSSR count). The van der Waals surface area contributed by atoms with Crippen LogP contribution in [0.3, 0.4) is 0 Å². The molecule has 0 bridgehead atoms. The molecule has 0 radical (unpaired) electrons. The molecular weight excluding hydrogens is 246 g/mol. The molecule has 0 aliphatic heterocycles. The monoisotopic (exact) mass is 269 g/mol. The number of rotatable bonds is 8. The first-order valence-corrected chi connectivity index (χ1v) is 7.20. The average Bonchev–Trinajstić information content (AvgIpc) is 2.35. The minimum Gasteiger partial charge on any atom is -0.492 e. The molecule has 2 nitrogen and oxygen atoms in total. The molecule has 0 fully saturated rings. The molecule has 0 saturated carbocycles. The zero-order valence-corrected chi connectivity index (χ0v) is 12.2. The highest BCUT2D eigenvalue weighted by Gasteiger charge is 2.05. The summed E-state index contributed by atoms with van der Waals surface area (Å²) < 4.78 is 5.68. The van der Waals surface area contributed by atoms with Gasteiger partial charge in [0.2, 0.25) is 0 Å². The van der Waals surface area contributed by atoms with Crippen molar-refractivity contribution in [2.45, 2.75) is 52.0 Å². The van der Waals surface area contributed by atoms with Crippen molar-refractivity contribution in [2.75, 3.05) is 6.61 Å². The van der Waals surface area contributed by atoms with Crippen molar-refractivity contribution in [3.63, 3.8) is 0 Å². The van der Waals surface area contributed by atoms with Gasteiger partial charge in [-0.2, -0.15) is 0 Å². The quantitative estimate of drug-likeness (QED) is 0.694. The molecular formula is C15H24ClNO. The van der Waals surface area contributed by atoms with Crippen LogP contribution in [-0.4, -0.2) is 6.61 Å². The number of hydrogen-bond acceptors (Lipinski definition) is 2. The lowest BCUT2D eigenvalue weighted by atomic mass is 10.1. The predicted molar refractivity (Wildman–Crippen MR) is 78.3 cm³/mol. The average molecular weight is 270 g/mol. The van der Waals surface area contributed by atoms with Crippen LogP contribution >= 0.6 is 11.6 Å². The highest BCUT2D eigenvalue weighted by atomic mass is 35.5. The Hall–Kier alpha value is -0.730. The molecule has 0 heterocycles. The Morgan fingerprint density at radius 1 is 1.22 bits per heavy atom. The lowest BCUT2D eigenvalue weighted by Crippen LogP contribution is -2.05. The molecule has 0 aromatic heterocycles. The lowest BCUT2D eigenvalue weighted by Gasteiger charge is -2.11. The van der Waals surface area contributed by atoms with E-state index in [-0.39, 0.29) is 6.04 Å². The number of unbranched alkanes of at least 4 members (excludes halogenated alkanes) is 4. The van der Waals surface area contributed by atoms with E-state index in [2.05, 4.69) is 6.92 Å². The number of hydrogen-bond donors (Lipinski definition) is 1. The number of nitrogens with two attached hydrogens (primary N) is 1. The van der Waals surface area contributed by atoms with E-state index in [1.807, 2.05) is 25.1 Å².